The number of aromatic carboxylic acids is 1. The van der Waals surface area contributed by atoms with Crippen molar-refractivity contribution in [2.24, 2.45) is 5.14 Å². The molecule has 0 amide bonds. The van der Waals surface area contributed by atoms with Crippen LogP contribution in [-0.2, 0) is 10.0 Å². The monoisotopic (exact) mass is 295 g/mol. The number of hydrogen-bond acceptors (Lipinski definition) is 5. The Labute approximate surface area is 115 Å². The van der Waals surface area contributed by atoms with Gasteiger partial charge in [0.1, 0.15) is 5.82 Å². The zero-order valence-electron chi connectivity index (χ0n) is 10.4. The Hall–Kier alpha value is -2.19. The smallest absolute Gasteiger partial charge is 0.337 e. The third-order valence-corrected chi connectivity index (χ3v) is 3.48. The Morgan fingerprint density at radius 1 is 1.30 bits per heavy atom. The summed E-state index contributed by atoms with van der Waals surface area (Å²) in [5.74, 6) is -0.872. The van der Waals surface area contributed by atoms with Crippen molar-refractivity contribution in [3.05, 3.63) is 36.0 Å². The van der Waals surface area contributed by atoms with Crippen LogP contribution in [0.25, 0.3) is 10.8 Å². The highest BCUT2D eigenvalue weighted by Crippen LogP contribution is 2.24. The van der Waals surface area contributed by atoms with Gasteiger partial charge in [-0.05, 0) is 0 Å². The highest BCUT2D eigenvalue weighted by Gasteiger charge is 2.12. The molecule has 1 aromatic carbocycles. The minimum atomic E-state index is -3.55. The molecular formula is C12H13N3O4S. The number of carbonyl (C=O) groups is 1. The van der Waals surface area contributed by atoms with Gasteiger partial charge in [0.15, 0.2) is 0 Å². The number of nitrogens with two attached hydrogens (primary N) is 1. The molecule has 4 N–H and O–H groups in total. The number of sulfonamides is 1. The molecule has 0 aliphatic rings. The van der Waals surface area contributed by atoms with Crippen LogP contribution in [0.2, 0.25) is 0 Å². The topological polar surface area (TPSA) is 122 Å². The van der Waals surface area contributed by atoms with Crippen molar-refractivity contribution in [3.8, 4) is 0 Å². The summed E-state index contributed by atoms with van der Waals surface area (Å²) >= 11 is 0. The average molecular weight is 295 g/mol. The number of fused-ring (bicyclic) bond motifs is 1. The maximum absolute atomic E-state index is 11.1. The predicted octanol–water partition coefficient (Wildman–Crippen LogP) is 0.633. The van der Waals surface area contributed by atoms with E-state index in [1.807, 2.05) is 0 Å². The maximum Gasteiger partial charge on any atom is 0.337 e. The van der Waals surface area contributed by atoms with Crippen LogP contribution >= 0.6 is 0 Å². The quantitative estimate of drug-likeness (QED) is 0.743. The van der Waals surface area contributed by atoms with Gasteiger partial charge in [-0.25, -0.2) is 23.3 Å². The third kappa shape index (κ3) is 3.22. The van der Waals surface area contributed by atoms with Crippen molar-refractivity contribution in [2.45, 2.75) is 0 Å². The van der Waals surface area contributed by atoms with Crippen LogP contribution in [-0.4, -0.2) is 36.8 Å². The molecule has 2 aromatic rings. The fraction of sp³-hybridized carbons (Fsp3) is 0.167. The fourth-order valence-corrected chi connectivity index (χ4v) is 2.20. The van der Waals surface area contributed by atoms with Crippen molar-refractivity contribution >= 4 is 32.6 Å². The normalized spacial score (nSPS) is 11.4. The van der Waals surface area contributed by atoms with Crippen molar-refractivity contribution < 1.29 is 18.3 Å². The number of hydrogen-bond donors (Lipinski definition) is 3. The Bertz CT molecular complexity index is 758. The lowest BCUT2D eigenvalue weighted by Gasteiger charge is -2.09. The van der Waals surface area contributed by atoms with Gasteiger partial charge in [-0.1, -0.05) is 24.3 Å². The van der Waals surface area contributed by atoms with Crippen LogP contribution in [0.1, 0.15) is 10.4 Å². The van der Waals surface area contributed by atoms with Gasteiger partial charge in [-0.15, -0.1) is 0 Å². The molecule has 8 heteroatoms. The number of nitrogens with one attached hydrogen (secondary N) is 1. The highest BCUT2D eigenvalue weighted by molar-refractivity contribution is 7.89. The maximum atomic E-state index is 11.1. The van der Waals surface area contributed by atoms with Gasteiger partial charge in [0.25, 0.3) is 0 Å². The molecule has 0 bridgehead atoms. The summed E-state index contributed by atoms with van der Waals surface area (Å²) in [5, 5.41) is 18.0. The first-order chi connectivity index (χ1) is 9.38. The number of nitrogens with zero attached hydrogens (tertiary/aromatic N) is 1. The predicted molar refractivity (Wildman–Crippen MR) is 75.2 cm³/mol. The van der Waals surface area contributed by atoms with E-state index in [0.717, 1.165) is 0 Å². The second-order valence-corrected chi connectivity index (χ2v) is 5.90. The van der Waals surface area contributed by atoms with Crippen LogP contribution < -0.4 is 10.5 Å². The number of anilines is 1. The van der Waals surface area contributed by atoms with E-state index >= 15 is 0 Å². The molecule has 1 heterocycles. The Morgan fingerprint density at radius 2 is 1.95 bits per heavy atom. The molecule has 0 aliphatic heterocycles. The summed E-state index contributed by atoms with van der Waals surface area (Å²) in [5.41, 5.74) is 0.0950. The lowest BCUT2D eigenvalue weighted by Crippen LogP contribution is -2.22. The highest BCUT2D eigenvalue weighted by atomic mass is 32.2. The minimum absolute atomic E-state index is 0.0950. The molecule has 0 aliphatic carbocycles. The van der Waals surface area contributed by atoms with Crippen LogP contribution in [0.4, 0.5) is 5.82 Å². The van der Waals surface area contributed by atoms with Crippen molar-refractivity contribution in [1.29, 1.82) is 0 Å². The van der Waals surface area contributed by atoms with Gasteiger partial charge in [-0.3, -0.25) is 0 Å². The van der Waals surface area contributed by atoms with E-state index in [2.05, 4.69) is 10.3 Å². The average Bonchev–Trinajstić information content (AvgIpc) is 2.37. The van der Waals surface area contributed by atoms with Crippen LogP contribution in [0, 0.1) is 0 Å². The molecular weight excluding hydrogens is 282 g/mol. The SMILES string of the molecule is NS(=O)(=O)CCNc1ncc(C(=O)O)c2ccccc12. The van der Waals surface area contributed by atoms with Gasteiger partial charge in [0.05, 0.1) is 11.3 Å². The number of rotatable bonds is 5. The summed E-state index contributed by atoms with van der Waals surface area (Å²) in [6.45, 7) is 0.0995. The Balaban J connectivity index is 2.36. The summed E-state index contributed by atoms with van der Waals surface area (Å²) < 4.78 is 21.7. The molecule has 1 aromatic heterocycles. The van der Waals surface area contributed by atoms with E-state index in [1.54, 1.807) is 24.3 Å². The summed E-state index contributed by atoms with van der Waals surface area (Å²) in [6, 6.07) is 6.86. The van der Waals surface area contributed by atoms with E-state index in [1.165, 1.54) is 6.20 Å². The molecule has 0 atom stereocenters. The van der Waals surface area contributed by atoms with Crippen LogP contribution in [0.5, 0.6) is 0 Å². The lowest BCUT2D eigenvalue weighted by molar-refractivity contribution is 0.0698. The van der Waals surface area contributed by atoms with E-state index < -0.39 is 16.0 Å². The van der Waals surface area contributed by atoms with E-state index in [4.69, 9.17) is 10.2 Å². The molecule has 2 rings (SSSR count). The standard InChI is InChI=1S/C12H13N3O4S/c13-20(18,19)6-5-14-11-9-4-2-1-3-8(9)10(7-15-11)12(16)17/h1-4,7H,5-6H2,(H,14,15)(H,16,17)(H2,13,18,19). The second-order valence-electron chi connectivity index (χ2n) is 4.16. The first kappa shape index (κ1) is 14.2. The number of primary sulfonamides is 1. The number of benzene rings is 1. The molecule has 7 nitrogen and oxygen atoms in total. The third-order valence-electron chi connectivity index (χ3n) is 2.70. The summed E-state index contributed by atoms with van der Waals surface area (Å²) in [7, 11) is -3.55. The van der Waals surface area contributed by atoms with Gasteiger partial charge in [0, 0.05) is 23.5 Å². The van der Waals surface area contributed by atoms with Crippen LogP contribution in [0.15, 0.2) is 30.5 Å². The summed E-state index contributed by atoms with van der Waals surface area (Å²) in [6.07, 6.45) is 1.24. The fourth-order valence-electron chi connectivity index (χ4n) is 1.82. The molecule has 20 heavy (non-hydrogen) atoms. The van der Waals surface area contributed by atoms with Gasteiger partial charge in [-0.2, -0.15) is 0 Å². The van der Waals surface area contributed by atoms with Crippen LogP contribution in [0.3, 0.4) is 0 Å². The van der Waals surface area contributed by atoms with Gasteiger partial charge >= 0.3 is 5.97 Å². The van der Waals surface area contributed by atoms with Crippen molar-refractivity contribution in [2.75, 3.05) is 17.6 Å². The minimum Gasteiger partial charge on any atom is -0.478 e. The number of carboxylic acid groups (broad SMARTS) is 1. The number of pyridine rings is 1. The van der Waals surface area contributed by atoms with E-state index in [0.29, 0.717) is 16.6 Å². The number of carboxylic acids is 1. The molecule has 106 valence electrons. The van der Waals surface area contributed by atoms with Crippen molar-refractivity contribution in [1.82, 2.24) is 4.98 Å². The largest absolute Gasteiger partial charge is 0.478 e. The molecule has 0 fully saturated rings. The zero-order valence-corrected chi connectivity index (χ0v) is 11.2. The van der Waals surface area contributed by atoms with E-state index in [9.17, 15) is 13.2 Å². The molecule has 0 radical (unpaired) electrons. The molecule has 0 unspecified atom stereocenters. The molecule has 0 saturated carbocycles. The molecule has 0 spiro atoms. The van der Waals surface area contributed by atoms with Gasteiger partial charge < -0.3 is 10.4 Å². The summed E-state index contributed by atoms with van der Waals surface area (Å²) in [4.78, 5) is 15.1. The second kappa shape index (κ2) is 5.43. The Morgan fingerprint density at radius 3 is 2.55 bits per heavy atom. The lowest BCUT2D eigenvalue weighted by atomic mass is 10.1. The van der Waals surface area contributed by atoms with Gasteiger partial charge in [0.2, 0.25) is 10.0 Å². The first-order valence-corrected chi connectivity index (χ1v) is 7.45. The molecule has 0 saturated heterocycles. The Kier molecular flexibility index (Phi) is 3.86. The van der Waals surface area contributed by atoms with Crippen molar-refractivity contribution in [3.63, 3.8) is 0 Å². The zero-order chi connectivity index (χ0) is 14.8. The van der Waals surface area contributed by atoms with E-state index in [-0.39, 0.29) is 17.9 Å². The first-order valence-electron chi connectivity index (χ1n) is 5.74. The number of aromatic nitrogens is 1.